The first-order valence-corrected chi connectivity index (χ1v) is 12.2. The topological polar surface area (TPSA) is 126 Å². The highest BCUT2D eigenvalue weighted by molar-refractivity contribution is 5.92. The van der Waals surface area contributed by atoms with Crippen molar-refractivity contribution in [2.45, 2.75) is 88.5 Å². The Bertz CT molecular complexity index is 1010. The SMILES string of the molecule is CC(C)c1cc2c(cc1O[C@@H]1O[C@H](CO)[C@@H](O)[C@H](O)[C@H]1O)[C@@]1(C)CCC3=C(COC3=O)[C@@H]1CC2. The van der Waals surface area contributed by atoms with Crippen molar-refractivity contribution in [3.05, 3.63) is 40.0 Å². The first kappa shape index (κ1) is 23.8. The van der Waals surface area contributed by atoms with Crippen molar-refractivity contribution in [1.29, 1.82) is 0 Å². The van der Waals surface area contributed by atoms with Crippen LogP contribution in [-0.2, 0) is 26.1 Å². The maximum atomic E-state index is 12.2. The number of hydrogen-bond acceptors (Lipinski definition) is 8. The molecule has 5 rings (SSSR count). The summed E-state index contributed by atoms with van der Waals surface area (Å²) in [6.07, 6.45) is -3.30. The van der Waals surface area contributed by atoms with Crippen molar-refractivity contribution in [3.8, 4) is 5.75 Å². The lowest BCUT2D eigenvalue weighted by Gasteiger charge is -2.47. The molecule has 0 amide bonds. The molecule has 0 bridgehead atoms. The zero-order valence-corrected chi connectivity index (χ0v) is 19.9. The van der Waals surface area contributed by atoms with E-state index >= 15 is 0 Å². The molecular weight excluding hydrogens is 440 g/mol. The molecule has 4 aliphatic rings. The molecule has 2 aliphatic heterocycles. The number of benzene rings is 1. The van der Waals surface area contributed by atoms with Gasteiger partial charge in [-0.15, -0.1) is 0 Å². The number of fused-ring (bicyclic) bond motifs is 4. The summed E-state index contributed by atoms with van der Waals surface area (Å²) in [5, 5.41) is 40.4. The molecule has 2 heterocycles. The van der Waals surface area contributed by atoms with Gasteiger partial charge in [0.05, 0.1) is 6.61 Å². The van der Waals surface area contributed by atoms with E-state index in [-0.39, 0.29) is 23.2 Å². The number of rotatable bonds is 4. The largest absolute Gasteiger partial charge is 0.462 e. The Balaban J connectivity index is 1.52. The van der Waals surface area contributed by atoms with Gasteiger partial charge in [-0.1, -0.05) is 26.8 Å². The molecule has 4 N–H and O–H groups in total. The van der Waals surface area contributed by atoms with E-state index in [9.17, 15) is 25.2 Å². The molecule has 1 aromatic carbocycles. The van der Waals surface area contributed by atoms with E-state index in [0.29, 0.717) is 18.8 Å². The van der Waals surface area contributed by atoms with Crippen molar-refractivity contribution in [1.82, 2.24) is 0 Å². The van der Waals surface area contributed by atoms with Gasteiger partial charge in [-0.25, -0.2) is 4.79 Å². The van der Waals surface area contributed by atoms with Crippen LogP contribution in [0.3, 0.4) is 0 Å². The normalized spacial score (nSPS) is 37.2. The van der Waals surface area contributed by atoms with Crippen molar-refractivity contribution in [2.24, 2.45) is 5.92 Å². The average molecular weight is 475 g/mol. The molecule has 0 radical (unpaired) electrons. The zero-order chi connectivity index (χ0) is 24.4. The van der Waals surface area contributed by atoms with Crippen molar-refractivity contribution >= 4 is 5.97 Å². The van der Waals surface area contributed by atoms with Crippen LogP contribution in [-0.4, -0.2) is 70.3 Å². The van der Waals surface area contributed by atoms with E-state index in [2.05, 4.69) is 26.8 Å². The summed E-state index contributed by atoms with van der Waals surface area (Å²) in [5.74, 6) is 0.737. The lowest BCUT2D eigenvalue weighted by atomic mass is 9.56. The van der Waals surface area contributed by atoms with Crippen LogP contribution in [0.1, 0.15) is 62.6 Å². The molecule has 0 spiro atoms. The molecule has 8 nitrogen and oxygen atoms in total. The number of carbonyl (C=O) groups is 1. The average Bonchev–Trinajstić information content (AvgIpc) is 3.19. The molecule has 0 saturated carbocycles. The summed E-state index contributed by atoms with van der Waals surface area (Å²) in [7, 11) is 0. The predicted octanol–water partition coefficient (Wildman–Crippen LogP) is 1.46. The van der Waals surface area contributed by atoms with Crippen LogP contribution < -0.4 is 4.74 Å². The van der Waals surface area contributed by atoms with Gasteiger partial charge in [0.2, 0.25) is 6.29 Å². The third-order valence-corrected chi connectivity index (χ3v) is 8.34. The van der Waals surface area contributed by atoms with Gasteiger partial charge in [0.25, 0.3) is 0 Å². The van der Waals surface area contributed by atoms with E-state index in [1.807, 2.05) is 6.07 Å². The summed E-state index contributed by atoms with van der Waals surface area (Å²) in [6, 6.07) is 4.20. The summed E-state index contributed by atoms with van der Waals surface area (Å²) < 4.78 is 17.1. The summed E-state index contributed by atoms with van der Waals surface area (Å²) in [4.78, 5) is 12.2. The second-order valence-electron chi connectivity index (χ2n) is 10.6. The van der Waals surface area contributed by atoms with Gasteiger partial charge < -0.3 is 34.6 Å². The van der Waals surface area contributed by atoms with Crippen LogP contribution in [0.5, 0.6) is 5.75 Å². The van der Waals surface area contributed by atoms with Crippen LogP contribution in [0, 0.1) is 5.92 Å². The van der Waals surface area contributed by atoms with E-state index in [0.717, 1.165) is 36.0 Å². The smallest absolute Gasteiger partial charge is 0.334 e. The van der Waals surface area contributed by atoms with E-state index in [1.165, 1.54) is 11.1 Å². The number of aryl methyl sites for hydroxylation is 1. The molecule has 1 aromatic rings. The Labute approximate surface area is 199 Å². The first-order valence-electron chi connectivity index (χ1n) is 12.2. The molecule has 8 heteroatoms. The number of cyclic esters (lactones) is 1. The molecule has 7 atom stereocenters. The summed E-state index contributed by atoms with van der Waals surface area (Å²) in [6.45, 7) is 6.24. The van der Waals surface area contributed by atoms with Gasteiger partial charge in [0, 0.05) is 5.57 Å². The highest BCUT2D eigenvalue weighted by Crippen LogP contribution is 2.54. The summed E-state index contributed by atoms with van der Waals surface area (Å²) in [5.41, 5.74) is 5.20. The minimum atomic E-state index is -1.50. The Kier molecular flexibility index (Phi) is 6.01. The van der Waals surface area contributed by atoms with Crippen LogP contribution in [0.15, 0.2) is 23.3 Å². The lowest BCUT2D eigenvalue weighted by molar-refractivity contribution is -0.277. The van der Waals surface area contributed by atoms with E-state index in [1.54, 1.807) is 0 Å². The van der Waals surface area contributed by atoms with Crippen LogP contribution in [0.4, 0.5) is 0 Å². The number of hydrogen-bond donors (Lipinski definition) is 4. The van der Waals surface area contributed by atoms with E-state index < -0.39 is 37.3 Å². The third kappa shape index (κ3) is 3.58. The quantitative estimate of drug-likeness (QED) is 0.484. The second kappa shape index (κ2) is 8.60. The number of aliphatic hydroxyl groups excluding tert-OH is 4. The Morgan fingerprint density at radius 1 is 1.15 bits per heavy atom. The van der Waals surface area contributed by atoms with E-state index in [4.69, 9.17) is 14.2 Å². The number of esters is 1. The molecule has 2 aliphatic carbocycles. The van der Waals surface area contributed by atoms with Crippen LogP contribution in [0.25, 0.3) is 0 Å². The monoisotopic (exact) mass is 474 g/mol. The molecule has 1 saturated heterocycles. The van der Waals surface area contributed by atoms with Gasteiger partial charge in [-0.3, -0.25) is 0 Å². The van der Waals surface area contributed by atoms with Gasteiger partial charge >= 0.3 is 5.97 Å². The Morgan fingerprint density at radius 2 is 1.91 bits per heavy atom. The van der Waals surface area contributed by atoms with Crippen molar-refractivity contribution in [2.75, 3.05) is 13.2 Å². The standard InChI is InChI=1S/C26H34O8/c1-12(2)15-8-13-4-5-17-16-11-32-24(31)14(16)6-7-26(17,3)18(13)9-19(15)33-25-23(30)22(29)21(28)20(10-27)34-25/h8-9,12,17,20-23,25,27-30H,4-7,10-11H2,1-3H3/t17-,20+,21+,22-,23+,25+,26-/m0/s1. The third-order valence-electron chi connectivity index (χ3n) is 8.34. The molecule has 186 valence electrons. The van der Waals surface area contributed by atoms with Crippen LogP contribution in [0.2, 0.25) is 0 Å². The van der Waals surface area contributed by atoms with Crippen molar-refractivity contribution < 1.29 is 39.4 Å². The number of aliphatic hydroxyl groups is 4. The molecule has 0 unspecified atom stereocenters. The fraction of sp³-hybridized carbons (Fsp3) is 0.654. The first-order chi connectivity index (χ1) is 16.2. The van der Waals surface area contributed by atoms with Gasteiger partial charge in [-0.05, 0) is 71.3 Å². The van der Waals surface area contributed by atoms with Gasteiger partial charge in [0.15, 0.2) is 0 Å². The second-order valence-corrected chi connectivity index (χ2v) is 10.6. The number of ether oxygens (including phenoxy) is 3. The maximum Gasteiger partial charge on any atom is 0.334 e. The van der Waals surface area contributed by atoms with Gasteiger partial charge in [0.1, 0.15) is 36.8 Å². The van der Waals surface area contributed by atoms with Crippen LogP contribution >= 0.6 is 0 Å². The van der Waals surface area contributed by atoms with Crippen molar-refractivity contribution in [3.63, 3.8) is 0 Å². The molecule has 0 aromatic heterocycles. The maximum absolute atomic E-state index is 12.2. The zero-order valence-electron chi connectivity index (χ0n) is 19.9. The predicted molar refractivity (Wildman–Crippen MR) is 121 cm³/mol. The minimum Gasteiger partial charge on any atom is -0.462 e. The highest BCUT2D eigenvalue weighted by Gasteiger charge is 2.49. The Hall–Kier alpha value is -1.97. The fourth-order valence-corrected chi connectivity index (χ4v) is 6.31. The summed E-state index contributed by atoms with van der Waals surface area (Å²) >= 11 is 0. The minimum absolute atomic E-state index is 0.136. The Morgan fingerprint density at radius 3 is 2.62 bits per heavy atom. The molecule has 1 fully saturated rings. The lowest BCUT2D eigenvalue weighted by Crippen LogP contribution is -2.60. The van der Waals surface area contributed by atoms with Gasteiger partial charge in [-0.2, -0.15) is 0 Å². The molecular formula is C26H34O8. The molecule has 34 heavy (non-hydrogen) atoms. The fourth-order valence-electron chi connectivity index (χ4n) is 6.31. The number of carbonyl (C=O) groups excluding carboxylic acids is 1. The highest BCUT2D eigenvalue weighted by atomic mass is 16.7.